The Bertz CT molecular complexity index is 1430. The lowest BCUT2D eigenvalue weighted by molar-refractivity contribution is 0.460. The quantitative estimate of drug-likeness (QED) is 0.323. The third kappa shape index (κ3) is 3.22. The Kier molecular flexibility index (Phi) is 4.43. The topological polar surface area (TPSA) is 89.6 Å². The molecule has 1 aliphatic heterocycles. The standard InChI is InChI=1S/C25H22FN5O/c26-17-8-15(9-18(32)11-17)19-2-1-3-22-20(19)12-23(29-22)24-21-10-16(13-28-25(21)31-30-24)14-4-6-27-7-5-14/h1-3,8-14,27,29,32H,4-7H2,(H,28,30,31). The van der Waals surface area contributed by atoms with Gasteiger partial charge in [0.25, 0.3) is 0 Å². The molecule has 4 N–H and O–H groups in total. The summed E-state index contributed by atoms with van der Waals surface area (Å²) in [6.07, 6.45) is 4.16. The smallest absolute Gasteiger partial charge is 0.181 e. The van der Waals surface area contributed by atoms with E-state index in [-0.39, 0.29) is 5.75 Å². The summed E-state index contributed by atoms with van der Waals surface area (Å²) in [5.41, 5.74) is 6.10. The molecule has 5 aromatic rings. The predicted molar refractivity (Wildman–Crippen MR) is 123 cm³/mol. The van der Waals surface area contributed by atoms with E-state index < -0.39 is 5.82 Å². The van der Waals surface area contributed by atoms with Gasteiger partial charge in [-0.15, -0.1) is 0 Å². The van der Waals surface area contributed by atoms with E-state index >= 15 is 0 Å². The number of rotatable bonds is 3. The van der Waals surface area contributed by atoms with Crippen molar-refractivity contribution in [2.24, 2.45) is 0 Å². The molecule has 3 aromatic heterocycles. The number of phenols is 1. The van der Waals surface area contributed by atoms with Crippen LogP contribution in [0.2, 0.25) is 0 Å². The van der Waals surface area contributed by atoms with Gasteiger partial charge in [0.1, 0.15) is 11.6 Å². The van der Waals surface area contributed by atoms with Gasteiger partial charge in [-0.1, -0.05) is 12.1 Å². The molecule has 6 rings (SSSR count). The number of nitrogens with zero attached hydrogens (tertiary/aromatic N) is 2. The van der Waals surface area contributed by atoms with Gasteiger partial charge in [-0.2, -0.15) is 5.10 Å². The summed E-state index contributed by atoms with van der Waals surface area (Å²) in [4.78, 5) is 8.06. The van der Waals surface area contributed by atoms with Gasteiger partial charge in [0.05, 0.1) is 11.4 Å². The SMILES string of the molecule is Oc1cc(F)cc(-c2cccc3[nH]c(-c4[nH]nc5ncc(C6CCNCC6)cc45)cc23)c1. The highest BCUT2D eigenvalue weighted by Crippen LogP contribution is 2.36. The summed E-state index contributed by atoms with van der Waals surface area (Å²) >= 11 is 0. The third-order valence-electron chi connectivity index (χ3n) is 6.37. The molecule has 0 unspecified atom stereocenters. The van der Waals surface area contributed by atoms with Crippen LogP contribution in [0.3, 0.4) is 0 Å². The normalized spacial score (nSPS) is 15.0. The molecule has 160 valence electrons. The Morgan fingerprint density at radius 2 is 1.88 bits per heavy atom. The average Bonchev–Trinajstić information content (AvgIpc) is 3.42. The molecule has 1 saturated heterocycles. The fourth-order valence-electron chi connectivity index (χ4n) is 4.77. The van der Waals surface area contributed by atoms with Crippen LogP contribution in [0.4, 0.5) is 4.39 Å². The van der Waals surface area contributed by atoms with E-state index in [1.807, 2.05) is 30.5 Å². The lowest BCUT2D eigenvalue weighted by Gasteiger charge is -2.22. The van der Waals surface area contributed by atoms with Crippen molar-refractivity contribution in [3.63, 3.8) is 0 Å². The summed E-state index contributed by atoms with van der Waals surface area (Å²) in [6.45, 7) is 2.06. The zero-order valence-electron chi connectivity index (χ0n) is 17.3. The number of nitrogens with one attached hydrogen (secondary N) is 3. The van der Waals surface area contributed by atoms with Crippen LogP contribution in [0.15, 0.2) is 54.7 Å². The Morgan fingerprint density at radius 1 is 1.00 bits per heavy atom. The molecular weight excluding hydrogens is 405 g/mol. The number of halogens is 1. The first-order valence-corrected chi connectivity index (χ1v) is 10.8. The third-order valence-corrected chi connectivity index (χ3v) is 6.37. The van der Waals surface area contributed by atoms with Crippen molar-refractivity contribution >= 4 is 21.9 Å². The molecule has 32 heavy (non-hydrogen) atoms. The molecule has 0 amide bonds. The summed E-state index contributed by atoms with van der Waals surface area (Å²) in [6, 6.07) is 14.2. The van der Waals surface area contributed by atoms with E-state index in [0.717, 1.165) is 65.2 Å². The molecule has 0 atom stereocenters. The molecule has 0 radical (unpaired) electrons. The van der Waals surface area contributed by atoms with Crippen molar-refractivity contribution < 1.29 is 9.50 Å². The van der Waals surface area contributed by atoms with Crippen LogP contribution in [-0.2, 0) is 0 Å². The number of hydrogen-bond donors (Lipinski definition) is 4. The largest absolute Gasteiger partial charge is 0.508 e. The molecule has 6 nitrogen and oxygen atoms in total. The number of benzene rings is 2. The maximum Gasteiger partial charge on any atom is 0.181 e. The number of fused-ring (bicyclic) bond motifs is 2. The number of piperidine rings is 1. The zero-order chi connectivity index (χ0) is 21.7. The van der Waals surface area contributed by atoms with Gasteiger partial charge in [-0.3, -0.25) is 5.10 Å². The van der Waals surface area contributed by atoms with Gasteiger partial charge in [0.15, 0.2) is 5.65 Å². The maximum atomic E-state index is 13.9. The predicted octanol–water partition coefficient (Wildman–Crippen LogP) is 5.08. The average molecular weight is 427 g/mol. The minimum Gasteiger partial charge on any atom is -0.508 e. The minimum atomic E-state index is -0.469. The highest BCUT2D eigenvalue weighted by atomic mass is 19.1. The first kappa shape index (κ1) is 19.0. The number of aromatic amines is 2. The van der Waals surface area contributed by atoms with Crippen LogP contribution in [0.5, 0.6) is 5.75 Å². The van der Waals surface area contributed by atoms with Crippen LogP contribution < -0.4 is 5.32 Å². The van der Waals surface area contributed by atoms with E-state index in [1.165, 1.54) is 11.6 Å². The fourth-order valence-corrected chi connectivity index (χ4v) is 4.77. The highest BCUT2D eigenvalue weighted by Gasteiger charge is 2.19. The summed E-state index contributed by atoms with van der Waals surface area (Å²) in [5, 5.41) is 22.7. The van der Waals surface area contributed by atoms with E-state index in [4.69, 9.17) is 0 Å². The van der Waals surface area contributed by atoms with Gasteiger partial charge < -0.3 is 15.4 Å². The van der Waals surface area contributed by atoms with Crippen LogP contribution in [-0.4, -0.2) is 38.4 Å². The Morgan fingerprint density at radius 3 is 2.72 bits per heavy atom. The first-order valence-electron chi connectivity index (χ1n) is 10.8. The van der Waals surface area contributed by atoms with E-state index in [0.29, 0.717) is 17.1 Å². The van der Waals surface area contributed by atoms with Gasteiger partial charge in [0.2, 0.25) is 0 Å². The highest BCUT2D eigenvalue weighted by molar-refractivity contribution is 6.00. The Labute approximate surface area is 183 Å². The van der Waals surface area contributed by atoms with Crippen molar-refractivity contribution in [2.45, 2.75) is 18.8 Å². The van der Waals surface area contributed by atoms with Crippen molar-refractivity contribution in [3.05, 3.63) is 66.1 Å². The van der Waals surface area contributed by atoms with Crippen molar-refractivity contribution in [1.82, 2.24) is 25.5 Å². The molecule has 0 saturated carbocycles. The molecule has 4 heterocycles. The minimum absolute atomic E-state index is 0.0937. The molecule has 1 aliphatic rings. The van der Waals surface area contributed by atoms with Crippen LogP contribution in [0, 0.1) is 5.82 Å². The number of aromatic hydroxyl groups is 1. The van der Waals surface area contributed by atoms with Crippen LogP contribution >= 0.6 is 0 Å². The van der Waals surface area contributed by atoms with Crippen LogP contribution in [0.1, 0.15) is 24.3 Å². The monoisotopic (exact) mass is 427 g/mol. The molecule has 2 aromatic carbocycles. The molecule has 0 bridgehead atoms. The van der Waals surface area contributed by atoms with E-state index in [9.17, 15) is 9.50 Å². The summed E-state index contributed by atoms with van der Waals surface area (Å²) < 4.78 is 13.9. The number of phenolic OH excluding ortho intramolecular Hbond substituents is 1. The van der Waals surface area contributed by atoms with Crippen LogP contribution in [0.25, 0.3) is 44.5 Å². The Hall–Kier alpha value is -3.71. The molecular formula is C25H22FN5O. The van der Waals surface area contributed by atoms with Gasteiger partial charge in [0, 0.05) is 28.6 Å². The van der Waals surface area contributed by atoms with Crippen molar-refractivity contribution in [2.75, 3.05) is 13.1 Å². The molecule has 7 heteroatoms. The number of H-pyrrole nitrogens is 2. The maximum absolute atomic E-state index is 13.9. The van der Waals surface area contributed by atoms with E-state index in [1.54, 1.807) is 6.07 Å². The van der Waals surface area contributed by atoms with Crippen molar-refractivity contribution in [3.8, 4) is 28.3 Å². The second-order valence-corrected chi connectivity index (χ2v) is 8.41. The number of pyridine rings is 1. The number of aromatic nitrogens is 4. The van der Waals surface area contributed by atoms with Gasteiger partial charge >= 0.3 is 0 Å². The molecule has 0 aliphatic carbocycles. The van der Waals surface area contributed by atoms with E-state index in [2.05, 4.69) is 31.5 Å². The Balaban J connectivity index is 1.47. The fraction of sp³-hybridized carbons (Fsp3) is 0.200. The lowest BCUT2D eigenvalue weighted by Crippen LogP contribution is -2.26. The molecule has 1 fully saturated rings. The zero-order valence-corrected chi connectivity index (χ0v) is 17.3. The first-order chi connectivity index (χ1) is 15.7. The second kappa shape index (κ2) is 7.46. The molecule has 0 spiro atoms. The summed E-state index contributed by atoms with van der Waals surface area (Å²) in [5.74, 6) is -0.0569. The number of hydrogen-bond acceptors (Lipinski definition) is 4. The summed E-state index contributed by atoms with van der Waals surface area (Å²) in [7, 11) is 0. The van der Waals surface area contributed by atoms with Gasteiger partial charge in [-0.25, -0.2) is 9.37 Å². The van der Waals surface area contributed by atoms with Crippen molar-refractivity contribution in [1.29, 1.82) is 0 Å². The lowest BCUT2D eigenvalue weighted by atomic mass is 9.91. The van der Waals surface area contributed by atoms with Gasteiger partial charge in [-0.05, 0) is 78.9 Å². The second-order valence-electron chi connectivity index (χ2n) is 8.41.